The molecule has 0 saturated heterocycles. The van der Waals surface area contributed by atoms with Gasteiger partial charge >= 0.3 is 12.1 Å². The van der Waals surface area contributed by atoms with Crippen LogP contribution in [0.5, 0.6) is 11.6 Å². The second-order valence-corrected chi connectivity index (χ2v) is 7.37. The number of rotatable bonds is 6. The summed E-state index contributed by atoms with van der Waals surface area (Å²) < 4.78 is 50.0. The number of fused-ring (bicyclic) bond motifs is 2. The Bertz CT molecular complexity index is 1050. The fourth-order valence-corrected chi connectivity index (χ4v) is 3.96. The summed E-state index contributed by atoms with van der Waals surface area (Å²) in [5.41, 5.74) is 3.30. The first-order valence-electron chi connectivity index (χ1n) is 9.66. The standard InChI is InChI=1S/C21H20F3N3O4/c1-30-20-15(21(22,23)24)6-11(9-26-20)10-31-12-2-3-16-14(7-12)13-4-5-25-17(8-18(28)29)19(13)27-16/h2-3,6-7,9,17,25,27H,4-5,8,10H2,1H3,(H,28,29)/p+1. The molecule has 2 aromatic rings. The number of ether oxygens (including phenoxy) is 2. The van der Waals surface area contributed by atoms with Crippen LogP contribution in [-0.4, -0.2) is 35.8 Å². The first kappa shape index (κ1) is 21.1. The highest BCUT2D eigenvalue weighted by Crippen LogP contribution is 2.37. The van der Waals surface area contributed by atoms with E-state index in [4.69, 9.17) is 14.6 Å². The zero-order valence-electron chi connectivity index (χ0n) is 16.6. The SMILES string of the molecule is COc1ncc(COc2ccc3c(c2)C2=C([NH2+]3)C(CC(=O)O)NCC2)cc1C(F)(F)F. The molecule has 0 spiro atoms. The molecule has 1 aromatic carbocycles. The predicted molar refractivity (Wildman–Crippen MR) is 104 cm³/mol. The van der Waals surface area contributed by atoms with Crippen LogP contribution in [0, 0.1) is 0 Å². The van der Waals surface area contributed by atoms with Gasteiger partial charge in [0.1, 0.15) is 29.3 Å². The highest BCUT2D eigenvalue weighted by Gasteiger charge is 2.37. The molecule has 4 rings (SSSR count). The van der Waals surface area contributed by atoms with Crippen LogP contribution >= 0.6 is 0 Å². The largest absolute Gasteiger partial charge is 0.489 e. The van der Waals surface area contributed by atoms with Gasteiger partial charge in [0.05, 0.1) is 19.6 Å². The van der Waals surface area contributed by atoms with Crippen molar-refractivity contribution >= 4 is 17.2 Å². The summed E-state index contributed by atoms with van der Waals surface area (Å²) in [6, 6.07) is 6.18. The van der Waals surface area contributed by atoms with Crippen molar-refractivity contribution in [1.29, 1.82) is 0 Å². The summed E-state index contributed by atoms with van der Waals surface area (Å²) in [6.07, 6.45) is -2.53. The molecular weight excluding hydrogens is 415 g/mol. The van der Waals surface area contributed by atoms with Gasteiger partial charge in [-0.3, -0.25) is 10.1 Å². The van der Waals surface area contributed by atoms with Gasteiger partial charge in [0.2, 0.25) is 5.88 Å². The molecule has 31 heavy (non-hydrogen) atoms. The molecule has 2 aliphatic rings. The lowest BCUT2D eigenvalue weighted by atomic mass is 9.95. The molecule has 0 saturated carbocycles. The zero-order valence-corrected chi connectivity index (χ0v) is 16.6. The Kier molecular flexibility index (Phi) is 5.59. The van der Waals surface area contributed by atoms with E-state index in [1.807, 2.05) is 17.4 Å². The first-order chi connectivity index (χ1) is 14.8. The van der Waals surface area contributed by atoms with E-state index in [0.717, 1.165) is 42.1 Å². The van der Waals surface area contributed by atoms with Gasteiger partial charge in [0, 0.05) is 35.5 Å². The Morgan fingerprint density at radius 1 is 1.35 bits per heavy atom. The molecule has 1 unspecified atom stereocenters. The molecule has 0 radical (unpaired) electrons. The third kappa shape index (κ3) is 4.35. The average Bonchev–Trinajstić information content (AvgIpc) is 3.10. The maximum atomic E-state index is 13.2. The number of halogens is 3. The number of quaternary nitrogens is 1. The summed E-state index contributed by atoms with van der Waals surface area (Å²) in [5.74, 6) is -0.838. The number of hydrogen-bond acceptors (Lipinski definition) is 5. The Hall–Kier alpha value is -3.11. The third-order valence-corrected chi connectivity index (χ3v) is 5.34. The molecule has 0 fully saturated rings. The van der Waals surface area contributed by atoms with Crippen molar-refractivity contribution in [1.82, 2.24) is 10.3 Å². The Morgan fingerprint density at radius 2 is 2.16 bits per heavy atom. The summed E-state index contributed by atoms with van der Waals surface area (Å²) in [4.78, 5) is 14.9. The smallest absolute Gasteiger partial charge is 0.421 e. The van der Waals surface area contributed by atoms with Crippen molar-refractivity contribution in [2.45, 2.75) is 31.7 Å². The lowest BCUT2D eigenvalue weighted by Gasteiger charge is -2.21. The molecule has 7 nitrogen and oxygen atoms in total. The van der Waals surface area contributed by atoms with Gasteiger partial charge in [-0.2, -0.15) is 13.2 Å². The van der Waals surface area contributed by atoms with E-state index in [9.17, 15) is 18.0 Å². The number of hydrogen-bond donors (Lipinski definition) is 3. The van der Waals surface area contributed by atoms with Crippen LogP contribution in [0.25, 0.3) is 5.57 Å². The lowest BCUT2D eigenvalue weighted by Crippen LogP contribution is -2.78. The number of pyridine rings is 1. The van der Waals surface area contributed by atoms with Crippen molar-refractivity contribution in [2.75, 3.05) is 13.7 Å². The normalized spacial score (nSPS) is 17.9. The van der Waals surface area contributed by atoms with Gasteiger partial charge in [-0.1, -0.05) is 0 Å². The minimum Gasteiger partial charge on any atom is -0.489 e. The summed E-state index contributed by atoms with van der Waals surface area (Å²) in [7, 11) is 1.14. The number of aromatic nitrogens is 1. The number of nitrogens with zero attached hydrogens (tertiary/aromatic N) is 1. The van der Waals surface area contributed by atoms with Crippen LogP contribution in [0.15, 0.2) is 36.2 Å². The molecule has 2 aliphatic heterocycles. The van der Waals surface area contributed by atoms with Crippen LogP contribution < -0.4 is 20.1 Å². The van der Waals surface area contributed by atoms with E-state index in [0.29, 0.717) is 12.3 Å². The molecular formula is C21H21F3N3O4+. The van der Waals surface area contributed by atoms with Gasteiger partial charge in [0.25, 0.3) is 0 Å². The van der Waals surface area contributed by atoms with Gasteiger partial charge in [-0.15, -0.1) is 0 Å². The maximum absolute atomic E-state index is 13.2. The topological polar surface area (TPSA) is 97.3 Å². The highest BCUT2D eigenvalue weighted by molar-refractivity contribution is 5.80. The average molecular weight is 436 g/mol. The van der Waals surface area contributed by atoms with E-state index >= 15 is 0 Å². The highest BCUT2D eigenvalue weighted by atomic mass is 19.4. The summed E-state index contributed by atoms with van der Waals surface area (Å²) in [6.45, 7) is 0.588. The van der Waals surface area contributed by atoms with Crippen LogP contribution in [0.3, 0.4) is 0 Å². The second kappa shape index (κ2) is 8.20. The third-order valence-electron chi connectivity index (χ3n) is 5.34. The number of carboxylic acid groups (broad SMARTS) is 1. The fraction of sp³-hybridized carbons (Fsp3) is 0.333. The van der Waals surface area contributed by atoms with Gasteiger partial charge in [0.15, 0.2) is 0 Å². The molecule has 10 heteroatoms. The van der Waals surface area contributed by atoms with E-state index in [2.05, 4.69) is 10.3 Å². The summed E-state index contributed by atoms with van der Waals surface area (Å²) >= 11 is 0. The Morgan fingerprint density at radius 3 is 2.87 bits per heavy atom. The predicted octanol–water partition coefficient (Wildman–Crippen LogP) is 2.44. The Labute approximate surface area is 175 Å². The van der Waals surface area contributed by atoms with Gasteiger partial charge in [-0.05, 0) is 24.6 Å². The quantitative estimate of drug-likeness (QED) is 0.602. The van der Waals surface area contributed by atoms with E-state index in [-0.39, 0.29) is 24.6 Å². The molecule has 3 heterocycles. The monoisotopic (exact) mass is 436 g/mol. The zero-order chi connectivity index (χ0) is 22.2. The van der Waals surface area contributed by atoms with Crippen LogP contribution in [-0.2, 0) is 17.6 Å². The second-order valence-electron chi connectivity index (χ2n) is 7.37. The van der Waals surface area contributed by atoms with Crippen molar-refractivity contribution in [3.05, 3.63) is 52.8 Å². The van der Waals surface area contributed by atoms with E-state index in [1.165, 1.54) is 6.20 Å². The number of aliphatic carboxylic acids is 1. The molecule has 1 aromatic heterocycles. The fourth-order valence-electron chi connectivity index (χ4n) is 3.96. The number of carbonyl (C=O) groups is 1. The lowest BCUT2D eigenvalue weighted by molar-refractivity contribution is -0.518. The maximum Gasteiger partial charge on any atom is 0.421 e. The summed E-state index contributed by atoms with van der Waals surface area (Å²) in [5, 5.41) is 14.4. The van der Waals surface area contributed by atoms with Crippen molar-refractivity contribution < 1.29 is 37.9 Å². The van der Waals surface area contributed by atoms with Crippen LogP contribution in [0.1, 0.15) is 29.5 Å². The number of carboxylic acids is 1. The first-order valence-corrected chi connectivity index (χ1v) is 9.66. The number of alkyl halides is 3. The number of benzene rings is 1. The molecule has 0 aliphatic carbocycles. The Balaban J connectivity index is 1.53. The van der Waals surface area contributed by atoms with Crippen molar-refractivity contribution in [3.8, 4) is 11.6 Å². The minimum absolute atomic E-state index is 0.00130. The van der Waals surface area contributed by atoms with Gasteiger partial charge < -0.3 is 19.9 Å². The van der Waals surface area contributed by atoms with E-state index in [1.54, 1.807) is 6.07 Å². The molecule has 0 bridgehead atoms. The van der Waals surface area contributed by atoms with Crippen LogP contribution in [0.4, 0.5) is 18.9 Å². The van der Waals surface area contributed by atoms with Gasteiger partial charge in [-0.25, -0.2) is 4.98 Å². The molecule has 1 atom stereocenters. The van der Waals surface area contributed by atoms with Crippen molar-refractivity contribution in [3.63, 3.8) is 0 Å². The number of nitrogens with two attached hydrogens (primary N) is 1. The van der Waals surface area contributed by atoms with Crippen LogP contribution in [0.2, 0.25) is 0 Å². The van der Waals surface area contributed by atoms with Crippen molar-refractivity contribution in [2.24, 2.45) is 0 Å². The molecule has 164 valence electrons. The minimum atomic E-state index is -4.58. The number of nitrogens with one attached hydrogen (secondary N) is 1. The molecule has 0 amide bonds. The number of methoxy groups -OCH3 is 1. The van der Waals surface area contributed by atoms with E-state index < -0.39 is 23.6 Å². The molecule has 4 N–H and O–H groups in total.